The summed E-state index contributed by atoms with van der Waals surface area (Å²) in [6.45, 7) is 10.8. The first-order valence-corrected chi connectivity index (χ1v) is 55.4. The Balaban J connectivity index is 4.22. The zero-order valence-electron chi connectivity index (χ0n) is 80.4. The van der Waals surface area contributed by atoms with Gasteiger partial charge < -0.3 is 88.7 Å². The van der Waals surface area contributed by atoms with Crippen LogP contribution in [-0.2, 0) is 89.0 Å². The molecule has 1 rings (SSSR count). The minimum atomic E-state index is -6.15. The van der Waals surface area contributed by atoms with Crippen molar-refractivity contribution in [2.75, 3.05) is 19.8 Å². The van der Waals surface area contributed by atoms with Gasteiger partial charge in [0.1, 0.15) is 49.2 Å². The lowest BCUT2D eigenvalue weighted by Crippen LogP contribution is -2.66. The van der Waals surface area contributed by atoms with Crippen LogP contribution >= 0.6 is 23.5 Å². The molecule has 756 valence electrons. The van der Waals surface area contributed by atoms with E-state index in [0.717, 1.165) is 264 Å². The monoisotopic (exact) mass is 1890 g/mol. The fourth-order valence-corrected chi connectivity index (χ4v) is 18.5. The van der Waals surface area contributed by atoms with Gasteiger partial charge in [0.05, 0.1) is 57.2 Å². The number of ether oxygens (including phenoxy) is 7. The van der Waals surface area contributed by atoms with Gasteiger partial charge in [0.2, 0.25) is 11.8 Å². The van der Waals surface area contributed by atoms with Gasteiger partial charge in [-0.1, -0.05) is 375 Å². The number of phosphoric ester groups is 2. The van der Waals surface area contributed by atoms with Crippen LogP contribution in [-0.4, -0.2) is 180 Å². The highest BCUT2D eigenvalue weighted by molar-refractivity contribution is 7.60. The summed E-state index contributed by atoms with van der Waals surface area (Å²) in [4.78, 5) is 138. The number of hydrogen-bond acceptors (Lipinski definition) is 23. The molecule has 4 unspecified atom stereocenters. The highest BCUT2D eigenvalue weighted by Crippen LogP contribution is 2.58. The van der Waals surface area contributed by atoms with Crippen molar-refractivity contribution >= 4 is 59.2 Å². The van der Waals surface area contributed by atoms with Crippen molar-refractivity contribution in [2.24, 2.45) is 0 Å². The number of phosphoric acid groups is 3. The van der Waals surface area contributed by atoms with Gasteiger partial charge in [-0.05, 0) is 58.3 Å². The maximum atomic E-state index is 15.1. The second-order valence-electron chi connectivity index (χ2n) is 36.1. The van der Waals surface area contributed by atoms with E-state index >= 15 is 4.79 Å². The van der Waals surface area contributed by atoms with E-state index in [9.17, 15) is 82.6 Å². The summed E-state index contributed by atoms with van der Waals surface area (Å²) in [7, 11) is -17.8. The smallest absolute Gasteiger partial charge is 0.463 e. The molecule has 11 N–H and O–H groups in total. The normalized spacial score (nSPS) is 18.0. The SMILES string of the molecule is CCCCCCCCCCCCCC(=O)O[C@H](CCCCCCCCCCC)CC(=O)N[C@@H](COC(=O)C[C@H](O)CCCCCCCCC)[C@H](OC(CO[C@@H]1OC(CO)[C@@H](OP(=O)(O)O)C(OC(=O)C[C@H](O)CCCCCCCCCCC)[C@@H]1NC(=O)C[C@@H](CCCCCCCCCCC)OC(=O)CCCCCCCCCCCCC)[C@H](C)O)OP(=O)(O)OP(=O)(O)O. The van der Waals surface area contributed by atoms with Crippen molar-refractivity contribution in [1.29, 1.82) is 0 Å². The number of carbonyl (C=O) groups is 6. The van der Waals surface area contributed by atoms with Gasteiger partial charge in [-0.3, -0.25) is 37.8 Å². The summed E-state index contributed by atoms with van der Waals surface area (Å²) in [5.41, 5.74) is 0. The topological polar surface area (TPSA) is 452 Å². The van der Waals surface area contributed by atoms with Gasteiger partial charge >= 0.3 is 47.3 Å². The Labute approximate surface area is 771 Å². The summed E-state index contributed by atoms with van der Waals surface area (Å²) in [5.74, 6) is -5.18. The first kappa shape index (κ1) is 123. The third-order valence-corrected chi connectivity index (χ3v) is 26.4. The number of rotatable bonds is 91. The van der Waals surface area contributed by atoms with Gasteiger partial charge in [-0.25, -0.2) is 13.7 Å². The molecule has 0 spiro atoms. The zero-order chi connectivity index (χ0) is 94.7. The average molecular weight is 1890 g/mol. The van der Waals surface area contributed by atoms with Crippen LogP contribution in [0.15, 0.2) is 0 Å². The maximum absolute atomic E-state index is 15.1. The van der Waals surface area contributed by atoms with Crippen LogP contribution in [0.1, 0.15) is 472 Å². The number of esters is 4. The van der Waals surface area contributed by atoms with Crippen molar-refractivity contribution in [3.05, 3.63) is 0 Å². The van der Waals surface area contributed by atoms with Crippen molar-refractivity contribution in [3.63, 3.8) is 0 Å². The van der Waals surface area contributed by atoms with Gasteiger partial charge in [-0.15, -0.1) is 0 Å². The molecule has 33 heteroatoms. The number of amides is 2. The summed E-state index contributed by atoms with van der Waals surface area (Å²) >= 11 is 0. The molecule has 1 heterocycles. The van der Waals surface area contributed by atoms with Crippen LogP contribution in [0.2, 0.25) is 0 Å². The van der Waals surface area contributed by atoms with Gasteiger partial charge in [-0.2, -0.15) is 4.31 Å². The zero-order valence-corrected chi connectivity index (χ0v) is 83.1. The Hall–Kier alpha value is -3.09. The van der Waals surface area contributed by atoms with Crippen molar-refractivity contribution in [3.8, 4) is 0 Å². The van der Waals surface area contributed by atoms with Crippen LogP contribution in [0.3, 0.4) is 0 Å². The van der Waals surface area contributed by atoms with E-state index in [1.54, 1.807) is 0 Å². The molecule has 1 aliphatic rings. The average Bonchev–Trinajstić information content (AvgIpc) is 0.777. The fourth-order valence-electron chi connectivity index (χ4n) is 16.2. The van der Waals surface area contributed by atoms with Crippen LogP contribution in [0, 0.1) is 0 Å². The fraction of sp³-hybridized carbons (Fsp3) is 0.937. The van der Waals surface area contributed by atoms with E-state index in [0.29, 0.717) is 38.5 Å². The molecule has 0 aliphatic carbocycles. The first-order chi connectivity index (χ1) is 61.4. The Morgan fingerprint density at radius 2 is 0.727 bits per heavy atom. The number of carbonyl (C=O) groups excluding carboxylic acids is 6. The van der Waals surface area contributed by atoms with Crippen molar-refractivity contribution in [2.45, 2.75) is 552 Å². The molecule has 1 aliphatic heterocycles. The van der Waals surface area contributed by atoms with E-state index < -0.39 is 184 Å². The number of nitrogens with one attached hydrogen (secondary N) is 2. The van der Waals surface area contributed by atoms with E-state index in [1.807, 2.05) is 0 Å². The quantitative estimate of drug-likeness (QED) is 0.00885. The van der Waals surface area contributed by atoms with E-state index in [4.69, 9.17) is 42.2 Å². The van der Waals surface area contributed by atoms with Crippen molar-refractivity contribution in [1.82, 2.24) is 10.6 Å². The lowest BCUT2D eigenvalue weighted by Gasteiger charge is -2.45. The van der Waals surface area contributed by atoms with Crippen molar-refractivity contribution < 1.29 is 134 Å². The van der Waals surface area contributed by atoms with E-state index in [2.05, 4.69) is 56.5 Å². The second kappa shape index (κ2) is 80.1. The molecule has 0 aromatic heterocycles. The third-order valence-electron chi connectivity index (χ3n) is 23.7. The van der Waals surface area contributed by atoms with Gasteiger partial charge in [0, 0.05) is 12.8 Å². The molecule has 0 saturated carbocycles. The van der Waals surface area contributed by atoms with Gasteiger partial charge in [0.15, 0.2) is 18.7 Å². The molecule has 30 nitrogen and oxygen atoms in total. The minimum absolute atomic E-state index is 0.0572. The predicted molar refractivity (Wildman–Crippen MR) is 498 cm³/mol. The molecular weight excluding hydrogens is 1710 g/mol. The molecule has 1 fully saturated rings. The van der Waals surface area contributed by atoms with Gasteiger partial charge in [0.25, 0.3) is 0 Å². The highest BCUT2D eigenvalue weighted by Gasteiger charge is 2.53. The summed E-state index contributed by atoms with van der Waals surface area (Å²) in [6, 6.07) is -4.00. The number of aliphatic hydroxyl groups is 4. The lowest BCUT2D eigenvalue weighted by atomic mass is 9.95. The molecule has 0 radical (unpaired) electrons. The molecule has 0 aromatic rings. The van der Waals surface area contributed by atoms with E-state index in [-0.39, 0.29) is 38.5 Å². The standard InChI is InChI=1S/C95H183N2O28P3/c1-8-14-20-26-32-37-39-44-50-56-62-68-87(104)118-80(66-60-54-48-42-35-29-23-17-11-4)72-85(102)96-82(75-116-89(106)70-78(100)64-58-52-46-31-25-19-13-6)94(124-128(114,115)125-127(111,112)113)121-84(77(7)99)76-117-95-91(93(92(83(74-98)120-95)123-126(108,109)110)122-90(107)71-79(101)65-59-53-47-41-34-28-22-16-10-3)97-86(103)73-81(67-61-55-49-43-36-30-24-18-12-5)119-88(105)69-63-57-51-45-40-38-33-27-21-15-9-2/h77-84,91-95,98-101H,8-76H2,1-7H3,(H,96,102)(H,97,103)(H,114,115)(H2,108,109,110)(H2,111,112,113)/t77-,78+,79+,80+,81+,82-,83?,84?,91-,92+,93?,94+,95+/m0/s1. The Morgan fingerprint density at radius 1 is 0.391 bits per heavy atom. The largest absolute Gasteiger partial charge is 0.483 e. The molecule has 14 atom stereocenters. The molecule has 2 amide bonds. The molecule has 0 bridgehead atoms. The number of aliphatic hydroxyl groups excluding tert-OH is 4. The lowest BCUT2D eigenvalue weighted by molar-refractivity contribution is -0.283. The number of unbranched alkanes of at least 4 members (excludes halogenated alkanes) is 50. The van der Waals surface area contributed by atoms with Crippen LogP contribution in [0.25, 0.3) is 0 Å². The van der Waals surface area contributed by atoms with E-state index in [1.165, 1.54) is 64.2 Å². The van der Waals surface area contributed by atoms with Crippen LogP contribution < -0.4 is 10.6 Å². The predicted octanol–water partition coefficient (Wildman–Crippen LogP) is 21.4. The first-order valence-electron chi connectivity index (χ1n) is 50.9. The maximum Gasteiger partial charge on any atom is 0.483 e. The Kier molecular flexibility index (Phi) is 76.9. The molecule has 0 aromatic carbocycles. The third kappa shape index (κ3) is 70.6. The van der Waals surface area contributed by atoms with Crippen LogP contribution in [0.5, 0.6) is 0 Å². The molecule has 1 saturated heterocycles. The summed E-state index contributed by atoms with van der Waals surface area (Å²) in [6.07, 6.45) is 34.6. The highest BCUT2D eigenvalue weighted by atomic mass is 31.3. The summed E-state index contributed by atoms with van der Waals surface area (Å²) in [5, 5.41) is 50.6. The number of hydrogen-bond donors (Lipinski definition) is 11. The molecule has 128 heavy (non-hydrogen) atoms. The summed E-state index contributed by atoms with van der Waals surface area (Å²) < 4.78 is 97.2. The van der Waals surface area contributed by atoms with Crippen LogP contribution in [0.4, 0.5) is 0 Å². The Bertz CT molecular complexity index is 2880. The molecular formula is C95H183N2O28P3. The second-order valence-corrected chi connectivity index (χ2v) is 40.1. The minimum Gasteiger partial charge on any atom is -0.463 e. The Morgan fingerprint density at radius 3 is 1.07 bits per heavy atom.